The molecule has 2 heterocycles. The zero-order chi connectivity index (χ0) is 15.0. The molecular weight excluding hydrogens is 286 g/mol. The average Bonchev–Trinajstić information content (AvgIpc) is 2.46. The van der Waals surface area contributed by atoms with Crippen LogP contribution in [-0.4, -0.2) is 38.3 Å². The minimum absolute atomic E-state index is 0.377. The largest absolute Gasteiger partial charge is 0.506 e. The van der Waals surface area contributed by atoms with Gasteiger partial charge in [-0.15, -0.1) is 0 Å². The number of aryl methyl sites for hydroxylation is 1. The van der Waals surface area contributed by atoms with Crippen molar-refractivity contribution in [2.24, 2.45) is 0 Å². The number of benzene rings is 1. The Bertz CT molecular complexity index is 666. The zero-order valence-electron chi connectivity index (χ0n) is 12.6. The van der Waals surface area contributed by atoms with Crippen LogP contribution in [0.3, 0.4) is 0 Å². The fourth-order valence-electron chi connectivity index (χ4n) is 3.11. The lowest BCUT2D eigenvalue weighted by Crippen LogP contribution is -3.26. The molecule has 1 aromatic carbocycles. The van der Waals surface area contributed by atoms with Gasteiger partial charge in [-0.2, -0.15) is 0 Å². The van der Waals surface area contributed by atoms with Crippen molar-refractivity contribution in [2.75, 3.05) is 33.2 Å². The number of H-pyrrole nitrogens is 1. The van der Waals surface area contributed by atoms with E-state index in [0.717, 1.165) is 41.8 Å². The monoisotopic (exact) mass is 308 g/mol. The van der Waals surface area contributed by atoms with Crippen LogP contribution < -0.4 is 14.8 Å². The van der Waals surface area contributed by atoms with Gasteiger partial charge in [-0.25, -0.2) is 4.98 Å². The molecule has 0 unspecified atom stereocenters. The molecule has 0 amide bonds. The van der Waals surface area contributed by atoms with Gasteiger partial charge in [-0.3, -0.25) is 0 Å². The van der Waals surface area contributed by atoms with E-state index in [-0.39, 0.29) is 0 Å². The molecule has 3 rings (SSSR count). The molecule has 1 aromatic heterocycles. The molecule has 0 saturated carbocycles. The van der Waals surface area contributed by atoms with Crippen LogP contribution in [0.2, 0.25) is 5.02 Å². The van der Waals surface area contributed by atoms with E-state index in [1.165, 1.54) is 18.0 Å². The Kier molecular flexibility index (Phi) is 4.02. The van der Waals surface area contributed by atoms with E-state index >= 15 is 0 Å². The molecule has 21 heavy (non-hydrogen) atoms. The second-order valence-corrected chi connectivity index (χ2v) is 6.59. The molecular formula is C16H23ClN3O+3. The van der Waals surface area contributed by atoms with Gasteiger partial charge < -0.3 is 14.9 Å². The van der Waals surface area contributed by atoms with Gasteiger partial charge in [0.2, 0.25) is 5.52 Å². The number of quaternary nitrogens is 2. The fourth-order valence-corrected chi connectivity index (χ4v) is 3.28. The Balaban J connectivity index is 1.94. The Hall–Kier alpha value is -1.36. The SMILES string of the molecule is Cc1[nH+]c2ccc(Cl)cc2c(O)c1C[NH+]1CC[NH+](C)CC1. The first-order chi connectivity index (χ1) is 10.0. The number of likely N-dealkylation sites (N-methyl/N-ethyl adjacent to an activating group) is 1. The second kappa shape index (κ2) is 5.79. The summed E-state index contributed by atoms with van der Waals surface area (Å²) in [5.41, 5.74) is 2.98. The van der Waals surface area contributed by atoms with Crippen LogP contribution in [0.25, 0.3) is 10.9 Å². The molecule has 0 bridgehead atoms. The van der Waals surface area contributed by atoms with Crippen molar-refractivity contribution in [1.82, 2.24) is 0 Å². The van der Waals surface area contributed by atoms with Gasteiger partial charge in [-0.1, -0.05) is 11.6 Å². The molecule has 0 radical (unpaired) electrons. The lowest BCUT2D eigenvalue weighted by molar-refractivity contribution is -1.01. The molecule has 0 aliphatic carbocycles. The summed E-state index contributed by atoms with van der Waals surface area (Å²) >= 11 is 6.06. The number of piperazine rings is 1. The molecule has 0 spiro atoms. The van der Waals surface area contributed by atoms with E-state index in [4.69, 9.17) is 11.6 Å². The molecule has 4 N–H and O–H groups in total. The minimum atomic E-state index is 0.377. The van der Waals surface area contributed by atoms with Gasteiger partial charge >= 0.3 is 0 Å². The van der Waals surface area contributed by atoms with Crippen LogP contribution in [0.4, 0.5) is 0 Å². The smallest absolute Gasteiger partial charge is 0.214 e. The zero-order valence-corrected chi connectivity index (χ0v) is 13.3. The first-order valence-corrected chi connectivity index (χ1v) is 7.90. The van der Waals surface area contributed by atoms with Gasteiger partial charge in [0, 0.05) is 18.0 Å². The molecule has 1 aliphatic rings. The number of pyridine rings is 1. The molecule has 1 aliphatic heterocycles. The first kappa shape index (κ1) is 14.6. The van der Waals surface area contributed by atoms with Crippen LogP contribution in [-0.2, 0) is 6.54 Å². The highest BCUT2D eigenvalue weighted by molar-refractivity contribution is 6.31. The minimum Gasteiger partial charge on any atom is -0.506 e. The number of rotatable bonds is 2. The summed E-state index contributed by atoms with van der Waals surface area (Å²) in [4.78, 5) is 6.52. The van der Waals surface area contributed by atoms with E-state index in [1.54, 1.807) is 4.90 Å². The lowest BCUT2D eigenvalue weighted by Gasteiger charge is -2.27. The van der Waals surface area contributed by atoms with Crippen LogP contribution in [0, 0.1) is 6.92 Å². The number of hydrogen-bond donors (Lipinski definition) is 3. The summed E-state index contributed by atoms with van der Waals surface area (Å²) < 4.78 is 0. The van der Waals surface area contributed by atoms with E-state index in [9.17, 15) is 5.11 Å². The van der Waals surface area contributed by atoms with Crippen LogP contribution in [0.5, 0.6) is 5.75 Å². The van der Waals surface area contributed by atoms with E-state index in [2.05, 4.69) is 12.0 Å². The molecule has 2 aromatic rings. The number of halogens is 1. The normalized spacial score (nSPS) is 22.6. The van der Waals surface area contributed by atoms with Gasteiger partial charge in [-0.05, 0) is 12.1 Å². The molecule has 5 heteroatoms. The quantitative estimate of drug-likeness (QED) is 0.670. The highest BCUT2D eigenvalue weighted by Crippen LogP contribution is 2.29. The van der Waals surface area contributed by atoms with Crippen molar-refractivity contribution in [3.63, 3.8) is 0 Å². The van der Waals surface area contributed by atoms with Crippen molar-refractivity contribution in [3.8, 4) is 5.75 Å². The predicted molar refractivity (Wildman–Crippen MR) is 82.9 cm³/mol. The molecule has 1 saturated heterocycles. The maximum absolute atomic E-state index is 10.6. The third-order valence-electron chi connectivity index (χ3n) is 4.53. The summed E-state index contributed by atoms with van der Waals surface area (Å²) in [5.74, 6) is 0.377. The summed E-state index contributed by atoms with van der Waals surface area (Å²) in [7, 11) is 2.24. The van der Waals surface area contributed by atoms with Gasteiger partial charge in [0.25, 0.3) is 0 Å². The van der Waals surface area contributed by atoms with E-state index in [0.29, 0.717) is 10.8 Å². The summed E-state index contributed by atoms with van der Waals surface area (Å²) in [6.45, 7) is 7.58. The van der Waals surface area contributed by atoms with Crippen molar-refractivity contribution in [3.05, 3.63) is 34.5 Å². The third-order valence-corrected chi connectivity index (χ3v) is 4.77. The maximum Gasteiger partial charge on any atom is 0.214 e. The number of aromatic nitrogens is 1. The summed E-state index contributed by atoms with van der Waals surface area (Å²) in [6.07, 6.45) is 0. The van der Waals surface area contributed by atoms with Gasteiger partial charge in [0.15, 0.2) is 5.69 Å². The maximum atomic E-state index is 10.6. The van der Waals surface area contributed by atoms with Gasteiger partial charge in [0.05, 0.1) is 12.4 Å². The molecule has 1 fully saturated rings. The van der Waals surface area contributed by atoms with Crippen molar-refractivity contribution in [2.45, 2.75) is 13.5 Å². The lowest BCUT2D eigenvalue weighted by atomic mass is 10.1. The third kappa shape index (κ3) is 2.98. The second-order valence-electron chi connectivity index (χ2n) is 6.15. The Morgan fingerprint density at radius 1 is 1.24 bits per heavy atom. The first-order valence-electron chi connectivity index (χ1n) is 7.52. The molecule has 0 atom stereocenters. The summed E-state index contributed by atoms with van der Waals surface area (Å²) in [6, 6.07) is 5.59. The topological polar surface area (TPSA) is 43.2 Å². The molecule has 4 nitrogen and oxygen atoms in total. The van der Waals surface area contributed by atoms with Gasteiger partial charge in [0.1, 0.15) is 44.0 Å². The standard InChI is InChI=1S/C16H20ClN3O/c1-11-14(10-20-7-5-19(2)6-8-20)16(21)13-9-12(17)3-4-15(13)18-11/h3-4,9H,5-8,10H2,1-2H3,(H,18,21)/p+3. The number of aromatic amines is 1. The van der Waals surface area contributed by atoms with E-state index in [1.807, 2.05) is 25.1 Å². The Morgan fingerprint density at radius 3 is 2.67 bits per heavy atom. The summed E-state index contributed by atoms with van der Waals surface area (Å²) in [5, 5.41) is 12.1. The predicted octanol–water partition coefficient (Wildman–Crippen LogP) is -0.765. The number of nitrogens with one attached hydrogen (secondary N) is 3. The fraction of sp³-hybridized carbons (Fsp3) is 0.438. The van der Waals surface area contributed by atoms with Crippen molar-refractivity contribution in [1.29, 1.82) is 0 Å². The highest BCUT2D eigenvalue weighted by Gasteiger charge is 2.25. The van der Waals surface area contributed by atoms with E-state index < -0.39 is 0 Å². The van der Waals surface area contributed by atoms with Crippen molar-refractivity contribution >= 4 is 22.5 Å². The Morgan fingerprint density at radius 2 is 1.95 bits per heavy atom. The van der Waals surface area contributed by atoms with Crippen molar-refractivity contribution < 1.29 is 19.9 Å². The highest BCUT2D eigenvalue weighted by atomic mass is 35.5. The van der Waals surface area contributed by atoms with Crippen LogP contribution in [0.15, 0.2) is 18.2 Å². The average molecular weight is 309 g/mol. The van der Waals surface area contributed by atoms with Crippen LogP contribution >= 0.6 is 11.6 Å². The Labute approximate surface area is 129 Å². The van der Waals surface area contributed by atoms with Crippen LogP contribution in [0.1, 0.15) is 11.3 Å². The number of hydrogen-bond acceptors (Lipinski definition) is 1. The number of fused-ring (bicyclic) bond motifs is 1. The number of aromatic hydroxyl groups is 1. The molecule has 112 valence electrons.